The summed E-state index contributed by atoms with van der Waals surface area (Å²) in [5.41, 5.74) is 1.75. The Balaban J connectivity index is 1.60. The molecule has 25 heavy (non-hydrogen) atoms. The van der Waals surface area contributed by atoms with E-state index >= 15 is 0 Å². The maximum absolute atomic E-state index is 12.2. The molecule has 5 nitrogen and oxygen atoms in total. The van der Waals surface area contributed by atoms with Crippen molar-refractivity contribution < 1.29 is 14.3 Å². The molecule has 0 bridgehead atoms. The lowest BCUT2D eigenvalue weighted by atomic mass is 10.1. The zero-order valence-corrected chi connectivity index (χ0v) is 14.2. The second-order valence-electron chi connectivity index (χ2n) is 5.68. The molecule has 1 heterocycles. The number of ether oxygens (including phenoxy) is 2. The lowest BCUT2D eigenvalue weighted by Crippen LogP contribution is -2.31. The van der Waals surface area contributed by atoms with Gasteiger partial charge in [0.1, 0.15) is 17.0 Å². The number of nitrogens with one attached hydrogen (secondary N) is 1. The second kappa shape index (κ2) is 7.66. The molecular weight excluding hydrogens is 316 g/mol. The summed E-state index contributed by atoms with van der Waals surface area (Å²) >= 11 is 0. The van der Waals surface area contributed by atoms with Gasteiger partial charge in [-0.2, -0.15) is 0 Å². The SMILES string of the molecule is COc1ccc([C@H](C)NC(=O)COc2cccc3cccnc23)cc1. The number of pyridine rings is 1. The first kappa shape index (κ1) is 16.8. The van der Waals surface area contributed by atoms with Gasteiger partial charge in [-0.1, -0.05) is 30.3 Å². The Morgan fingerprint density at radius 2 is 1.88 bits per heavy atom. The van der Waals surface area contributed by atoms with E-state index < -0.39 is 0 Å². The van der Waals surface area contributed by atoms with E-state index in [1.54, 1.807) is 13.3 Å². The number of methoxy groups -OCH3 is 1. The fourth-order valence-electron chi connectivity index (χ4n) is 2.60. The van der Waals surface area contributed by atoms with Crippen LogP contribution >= 0.6 is 0 Å². The Labute approximate surface area is 146 Å². The Morgan fingerprint density at radius 1 is 1.12 bits per heavy atom. The molecule has 5 heteroatoms. The summed E-state index contributed by atoms with van der Waals surface area (Å²) < 4.78 is 10.8. The Morgan fingerprint density at radius 3 is 2.64 bits per heavy atom. The summed E-state index contributed by atoms with van der Waals surface area (Å²) in [6, 6.07) is 17.0. The molecule has 0 saturated carbocycles. The second-order valence-corrected chi connectivity index (χ2v) is 5.68. The average Bonchev–Trinajstić information content (AvgIpc) is 2.66. The van der Waals surface area contributed by atoms with E-state index in [0.29, 0.717) is 5.75 Å². The number of amides is 1. The Hall–Kier alpha value is -3.08. The van der Waals surface area contributed by atoms with Gasteiger partial charge in [-0.05, 0) is 36.8 Å². The first-order valence-electron chi connectivity index (χ1n) is 8.07. The number of para-hydroxylation sites is 1. The topological polar surface area (TPSA) is 60.5 Å². The maximum Gasteiger partial charge on any atom is 0.258 e. The van der Waals surface area contributed by atoms with Crippen LogP contribution in [0, 0.1) is 0 Å². The van der Waals surface area contributed by atoms with Crippen molar-refractivity contribution >= 4 is 16.8 Å². The highest BCUT2D eigenvalue weighted by atomic mass is 16.5. The molecule has 0 aliphatic heterocycles. The molecule has 3 aromatic rings. The van der Waals surface area contributed by atoms with E-state index in [-0.39, 0.29) is 18.6 Å². The van der Waals surface area contributed by atoms with Crippen molar-refractivity contribution in [3.05, 3.63) is 66.4 Å². The normalized spacial score (nSPS) is 11.8. The molecule has 0 aliphatic rings. The molecule has 0 saturated heterocycles. The number of hydrogen-bond donors (Lipinski definition) is 1. The highest BCUT2D eigenvalue weighted by molar-refractivity contribution is 5.85. The number of hydrogen-bond acceptors (Lipinski definition) is 4. The van der Waals surface area contributed by atoms with E-state index in [2.05, 4.69) is 10.3 Å². The van der Waals surface area contributed by atoms with Crippen LogP contribution in [0.1, 0.15) is 18.5 Å². The third-order valence-electron chi connectivity index (χ3n) is 3.95. The van der Waals surface area contributed by atoms with Crippen molar-refractivity contribution in [2.24, 2.45) is 0 Å². The highest BCUT2D eigenvalue weighted by Crippen LogP contribution is 2.23. The maximum atomic E-state index is 12.2. The first-order valence-corrected chi connectivity index (χ1v) is 8.07. The zero-order chi connectivity index (χ0) is 17.6. The Kier molecular flexibility index (Phi) is 5.14. The van der Waals surface area contributed by atoms with E-state index in [1.807, 2.05) is 61.5 Å². The van der Waals surface area contributed by atoms with Gasteiger partial charge in [0, 0.05) is 11.6 Å². The first-order chi connectivity index (χ1) is 12.2. The third kappa shape index (κ3) is 4.07. The highest BCUT2D eigenvalue weighted by Gasteiger charge is 2.11. The van der Waals surface area contributed by atoms with Crippen LogP contribution in [-0.2, 0) is 4.79 Å². The van der Waals surface area contributed by atoms with Gasteiger partial charge in [-0.3, -0.25) is 9.78 Å². The number of rotatable bonds is 6. The van der Waals surface area contributed by atoms with E-state index in [1.165, 1.54) is 0 Å². The minimum atomic E-state index is -0.184. The summed E-state index contributed by atoms with van der Waals surface area (Å²) in [5, 5.41) is 3.91. The molecule has 1 aromatic heterocycles. The fourth-order valence-corrected chi connectivity index (χ4v) is 2.60. The van der Waals surface area contributed by atoms with Crippen LogP contribution in [0.3, 0.4) is 0 Å². The lowest BCUT2D eigenvalue weighted by Gasteiger charge is -2.15. The Bertz CT molecular complexity index is 857. The molecule has 0 spiro atoms. The van der Waals surface area contributed by atoms with Crippen LogP contribution < -0.4 is 14.8 Å². The molecular formula is C20H20N2O3. The van der Waals surface area contributed by atoms with Gasteiger partial charge < -0.3 is 14.8 Å². The summed E-state index contributed by atoms with van der Waals surface area (Å²) in [6.07, 6.45) is 1.71. The monoisotopic (exact) mass is 336 g/mol. The standard InChI is InChI=1S/C20H20N2O3/c1-14(15-8-10-17(24-2)11-9-15)22-19(23)13-25-18-7-3-5-16-6-4-12-21-20(16)18/h3-12,14H,13H2,1-2H3,(H,22,23)/t14-/m0/s1. The average molecular weight is 336 g/mol. The molecule has 0 unspecified atom stereocenters. The molecule has 2 aromatic carbocycles. The molecule has 1 amide bonds. The lowest BCUT2D eigenvalue weighted by molar-refractivity contribution is -0.123. The van der Waals surface area contributed by atoms with Crippen LogP contribution in [0.5, 0.6) is 11.5 Å². The van der Waals surface area contributed by atoms with Gasteiger partial charge in [0.25, 0.3) is 5.91 Å². The number of fused-ring (bicyclic) bond motifs is 1. The minimum absolute atomic E-state index is 0.0593. The summed E-state index contributed by atoms with van der Waals surface area (Å²) in [6.45, 7) is 1.87. The predicted molar refractivity (Wildman–Crippen MR) is 96.8 cm³/mol. The minimum Gasteiger partial charge on any atom is -0.497 e. The largest absolute Gasteiger partial charge is 0.497 e. The van der Waals surface area contributed by atoms with Crippen molar-refractivity contribution in [3.63, 3.8) is 0 Å². The van der Waals surface area contributed by atoms with Gasteiger partial charge >= 0.3 is 0 Å². The van der Waals surface area contributed by atoms with Gasteiger partial charge in [0.15, 0.2) is 6.61 Å². The van der Waals surface area contributed by atoms with Crippen molar-refractivity contribution in [2.75, 3.05) is 13.7 Å². The van der Waals surface area contributed by atoms with E-state index in [0.717, 1.165) is 22.2 Å². The smallest absolute Gasteiger partial charge is 0.258 e. The van der Waals surface area contributed by atoms with E-state index in [9.17, 15) is 4.79 Å². The van der Waals surface area contributed by atoms with Crippen molar-refractivity contribution in [3.8, 4) is 11.5 Å². The molecule has 0 aliphatic carbocycles. The van der Waals surface area contributed by atoms with Crippen LogP contribution in [0.15, 0.2) is 60.8 Å². The molecule has 128 valence electrons. The van der Waals surface area contributed by atoms with E-state index in [4.69, 9.17) is 9.47 Å². The van der Waals surface area contributed by atoms with Crippen LogP contribution in [-0.4, -0.2) is 24.6 Å². The summed E-state index contributed by atoms with van der Waals surface area (Å²) in [7, 11) is 1.62. The third-order valence-corrected chi connectivity index (χ3v) is 3.95. The molecule has 0 fully saturated rings. The zero-order valence-electron chi connectivity index (χ0n) is 14.2. The summed E-state index contributed by atoms with van der Waals surface area (Å²) in [5.74, 6) is 1.20. The van der Waals surface area contributed by atoms with Crippen molar-refractivity contribution in [1.29, 1.82) is 0 Å². The predicted octanol–water partition coefficient (Wildman–Crippen LogP) is 3.50. The molecule has 3 rings (SSSR count). The van der Waals surface area contributed by atoms with Crippen LogP contribution in [0.2, 0.25) is 0 Å². The molecule has 1 atom stereocenters. The summed E-state index contributed by atoms with van der Waals surface area (Å²) in [4.78, 5) is 16.5. The number of nitrogens with zero attached hydrogens (tertiary/aromatic N) is 1. The number of carbonyl (C=O) groups excluding carboxylic acids is 1. The fraction of sp³-hybridized carbons (Fsp3) is 0.200. The van der Waals surface area contributed by atoms with Crippen molar-refractivity contribution in [2.45, 2.75) is 13.0 Å². The number of benzene rings is 2. The number of aromatic nitrogens is 1. The molecule has 0 radical (unpaired) electrons. The van der Waals surface area contributed by atoms with Gasteiger partial charge in [-0.25, -0.2) is 0 Å². The van der Waals surface area contributed by atoms with Gasteiger partial charge in [-0.15, -0.1) is 0 Å². The van der Waals surface area contributed by atoms with Crippen LogP contribution in [0.25, 0.3) is 10.9 Å². The quantitative estimate of drug-likeness (QED) is 0.748. The molecule has 1 N–H and O–H groups in total. The van der Waals surface area contributed by atoms with Crippen molar-refractivity contribution in [1.82, 2.24) is 10.3 Å². The number of carbonyl (C=O) groups is 1. The van der Waals surface area contributed by atoms with Crippen LogP contribution in [0.4, 0.5) is 0 Å². The van der Waals surface area contributed by atoms with Gasteiger partial charge in [0.2, 0.25) is 0 Å². The van der Waals surface area contributed by atoms with Gasteiger partial charge in [0.05, 0.1) is 13.2 Å².